The maximum Gasteiger partial charge on any atom is 0.340 e. The second-order valence-corrected chi connectivity index (χ2v) is 10.5. The first-order chi connectivity index (χ1) is 16.8. The molecule has 0 amide bonds. The highest BCUT2D eigenvalue weighted by Crippen LogP contribution is 2.42. The Hall–Kier alpha value is -2.91. The first kappa shape index (κ1) is 25.2. The Kier molecular flexibility index (Phi) is 7.47. The van der Waals surface area contributed by atoms with Crippen LogP contribution in [0.2, 0.25) is 0 Å². The van der Waals surface area contributed by atoms with Crippen LogP contribution in [0.4, 0.5) is 15.8 Å². The fourth-order valence-corrected chi connectivity index (χ4v) is 6.29. The SMILES string of the molecule is CCN(CC)CC=Cc1cc(F)ccc1S(=O)(=O)Nc1ccc2c(c1C(=O)OC)CC1CCCN21. The van der Waals surface area contributed by atoms with Crippen molar-refractivity contribution in [2.45, 2.75) is 44.0 Å². The number of halogens is 1. The van der Waals surface area contributed by atoms with E-state index in [2.05, 4.69) is 14.5 Å². The van der Waals surface area contributed by atoms with Crippen LogP contribution in [0, 0.1) is 5.82 Å². The van der Waals surface area contributed by atoms with Crippen molar-refractivity contribution in [1.29, 1.82) is 0 Å². The molecule has 0 spiro atoms. The summed E-state index contributed by atoms with van der Waals surface area (Å²) in [4.78, 5) is 17.1. The summed E-state index contributed by atoms with van der Waals surface area (Å²) >= 11 is 0. The summed E-state index contributed by atoms with van der Waals surface area (Å²) in [5.74, 6) is -1.11. The number of carbonyl (C=O) groups excluding carboxylic acids is 1. The number of nitrogens with zero attached hydrogens (tertiary/aromatic N) is 2. The highest BCUT2D eigenvalue weighted by atomic mass is 32.2. The van der Waals surface area contributed by atoms with Gasteiger partial charge in [0.1, 0.15) is 5.82 Å². The highest BCUT2D eigenvalue weighted by Gasteiger charge is 2.37. The topological polar surface area (TPSA) is 79.0 Å². The van der Waals surface area contributed by atoms with Crippen LogP contribution in [0.25, 0.3) is 6.08 Å². The third kappa shape index (κ3) is 5.06. The molecule has 2 aromatic carbocycles. The first-order valence-corrected chi connectivity index (χ1v) is 13.5. The first-order valence-electron chi connectivity index (χ1n) is 12.0. The number of hydrogen-bond donors (Lipinski definition) is 1. The number of nitrogens with one attached hydrogen (secondary N) is 1. The van der Waals surface area contributed by atoms with Gasteiger partial charge in [0.05, 0.1) is 23.3 Å². The van der Waals surface area contributed by atoms with Crippen molar-refractivity contribution < 1.29 is 22.3 Å². The summed E-state index contributed by atoms with van der Waals surface area (Å²) in [6.45, 7) is 7.32. The number of benzene rings is 2. The second kappa shape index (κ2) is 10.4. The zero-order chi connectivity index (χ0) is 25.2. The monoisotopic (exact) mass is 501 g/mol. The van der Waals surface area contributed by atoms with Gasteiger partial charge in [0.25, 0.3) is 10.0 Å². The van der Waals surface area contributed by atoms with E-state index in [1.165, 1.54) is 19.2 Å². The summed E-state index contributed by atoms with van der Waals surface area (Å²) < 4.78 is 48.6. The zero-order valence-electron chi connectivity index (χ0n) is 20.4. The molecule has 35 heavy (non-hydrogen) atoms. The highest BCUT2D eigenvalue weighted by molar-refractivity contribution is 7.92. The average molecular weight is 502 g/mol. The van der Waals surface area contributed by atoms with Crippen molar-refractivity contribution in [2.75, 3.05) is 42.9 Å². The van der Waals surface area contributed by atoms with Gasteiger partial charge in [0.15, 0.2) is 0 Å². The Bertz CT molecular complexity index is 1240. The molecule has 0 aliphatic carbocycles. The molecule has 0 radical (unpaired) electrons. The van der Waals surface area contributed by atoms with Gasteiger partial charge in [-0.1, -0.05) is 26.0 Å². The van der Waals surface area contributed by atoms with E-state index in [4.69, 9.17) is 4.74 Å². The van der Waals surface area contributed by atoms with Crippen molar-refractivity contribution in [2.24, 2.45) is 0 Å². The Labute approximate surface area is 206 Å². The molecule has 0 saturated carbocycles. The van der Waals surface area contributed by atoms with Crippen molar-refractivity contribution >= 4 is 33.4 Å². The summed E-state index contributed by atoms with van der Waals surface area (Å²) in [5.41, 5.74) is 2.41. The number of sulfonamides is 1. The maximum absolute atomic E-state index is 14.0. The lowest BCUT2D eigenvalue weighted by molar-refractivity contribution is 0.0601. The average Bonchev–Trinajstić information content (AvgIpc) is 3.42. The minimum Gasteiger partial charge on any atom is -0.465 e. The van der Waals surface area contributed by atoms with Crippen LogP contribution in [0.1, 0.15) is 48.2 Å². The van der Waals surface area contributed by atoms with Gasteiger partial charge >= 0.3 is 5.97 Å². The summed E-state index contributed by atoms with van der Waals surface area (Å²) in [5, 5.41) is 0. The maximum atomic E-state index is 14.0. The molecule has 1 fully saturated rings. The number of rotatable bonds is 9. The van der Waals surface area contributed by atoms with Gasteiger partial charge < -0.3 is 14.5 Å². The molecular weight excluding hydrogens is 469 g/mol. The number of likely N-dealkylation sites (N-methyl/N-ethyl adjacent to an activating group) is 1. The molecule has 9 heteroatoms. The molecule has 1 unspecified atom stereocenters. The Balaban J connectivity index is 1.69. The molecule has 1 N–H and O–H groups in total. The van der Waals surface area contributed by atoms with E-state index in [1.54, 1.807) is 12.1 Å². The van der Waals surface area contributed by atoms with Gasteiger partial charge in [-0.25, -0.2) is 17.6 Å². The van der Waals surface area contributed by atoms with Gasteiger partial charge in [-0.2, -0.15) is 0 Å². The third-order valence-electron chi connectivity index (χ3n) is 6.87. The smallest absolute Gasteiger partial charge is 0.340 e. The fourth-order valence-electron chi connectivity index (χ4n) is 5.04. The summed E-state index contributed by atoms with van der Waals surface area (Å²) in [7, 11) is -2.84. The minimum atomic E-state index is -4.13. The normalized spacial score (nSPS) is 17.2. The van der Waals surface area contributed by atoms with E-state index in [0.717, 1.165) is 49.8 Å². The molecule has 1 atom stereocenters. The van der Waals surface area contributed by atoms with Crippen molar-refractivity contribution in [3.63, 3.8) is 0 Å². The number of fused-ring (bicyclic) bond motifs is 3. The number of methoxy groups -OCH3 is 1. The van der Waals surface area contributed by atoms with E-state index in [9.17, 15) is 17.6 Å². The molecule has 0 bridgehead atoms. The van der Waals surface area contributed by atoms with E-state index >= 15 is 0 Å². The van der Waals surface area contributed by atoms with E-state index < -0.39 is 21.8 Å². The predicted molar refractivity (Wildman–Crippen MR) is 136 cm³/mol. The number of anilines is 2. The lowest BCUT2D eigenvalue weighted by Gasteiger charge is -2.20. The quantitative estimate of drug-likeness (QED) is 0.517. The number of ether oxygens (including phenoxy) is 1. The molecule has 1 saturated heterocycles. The molecule has 0 aromatic heterocycles. The van der Waals surface area contributed by atoms with Crippen molar-refractivity contribution in [3.05, 3.63) is 58.9 Å². The van der Waals surface area contributed by atoms with Gasteiger partial charge in [0, 0.05) is 24.8 Å². The lowest BCUT2D eigenvalue weighted by atomic mass is 10.00. The van der Waals surface area contributed by atoms with Crippen LogP contribution in [0.15, 0.2) is 41.3 Å². The van der Waals surface area contributed by atoms with Gasteiger partial charge in [-0.15, -0.1) is 0 Å². The van der Waals surface area contributed by atoms with Crippen LogP contribution in [0.5, 0.6) is 0 Å². The molecular formula is C26H32FN3O4S. The Morgan fingerprint density at radius 2 is 2.03 bits per heavy atom. The van der Waals surface area contributed by atoms with Crippen LogP contribution in [0.3, 0.4) is 0 Å². The van der Waals surface area contributed by atoms with E-state index in [1.807, 2.05) is 26.0 Å². The minimum absolute atomic E-state index is 0.0633. The van der Waals surface area contributed by atoms with Crippen LogP contribution >= 0.6 is 0 Å². The number of carbonyl (C=O) groups is 1. The molecule has 2 aliphatic heterocycles. The standard InChI is InChI=1S/C26H32FN3O4S/c1-4-29(5-2)14-6-8-18-16-19(27)10-13-24(18)35(32,33)28-22-11-12-23-21(25(22)26(31)34-3)17-20-9-7-15-30(20)23/h6,8,10-13,16,20,28H,4-5,7,9,14-15,17H2,1-3H3. The van der Waals surface area contributed by atoms with Crippen LogP contribution in [-0.4, -0.2) is 58.6 Å². The zero-order valence-corrected chi connectivity index (χ0v) is 21.2. The van der Waals surface area contributed by atoms with Gasteiger partial charge in [-0.3, -0.25) is 4.72 Å². The molecule has 7 nitrogen and oxygen atoms in total. The largest absolute Gasteiger partial charge is 0.465 e. The van der Waals surface area contributed by atoms with Gasteiger partial charge in [0.2, 0.25) is 0 Å². The fraction of sp³-hybridized carbons (Fsp3) is 0.423. The van der Waals surface area contributed by atoms with Crippen LogP contribution in [-0.2, 0) is 21.2 Å². The third-order valence-corrected chi connectivity index (χ3v) is 8.30. The van der Waals surface area contributed by atoms with Crippen molar-refractivity contribution in [3.8, 4) is 0 Å². The number of hydrogen-bond acceptors (Lipinski definition) is 6. The summed E-state index contributed by atoms with van der Waals surface area (Å²) in [6.07, 6.45) is 6.25. The van der Waals surface area contributed by atoms with Gasteiger partial charge in [-0.05, 0) is 73.8 Å². The Morgan fingerprint density at radius 1 is 1.26 bits per heavy atom. The molecule has 2 heterocycles. The van der Waals surface area contributed by atoms with E-state index in [0.29, 0.717) is 19.0 Å². The Morgan fingerprint density at radius 3 is 2.74 bits per heavy atom. The summed E-state index contributed by atoms with van der Waals surface area (Å²) in [6, 6.07) is 7.36. The number of esters is 1. The predicted octanol–water partition coefficient (Wildman–Crippen LogP) is 4.29. The molecule has 2 aromatic rings. The van der Waals surface area contributed by atoms with Crippen molar-refractivity contribution in [1.82, 2.24) is 4.90 Å². The second-order valence-electron chi connectivity index (χ2n) is 8.85. The van der Waals surface area contributed by atoms with Crippen LogP contribution < -0.4 is 9.62 Å². The molecule has 2 aliphatic rings. The van der Waals surface area contributed by atoms with E-state index in [-0.39, 0.29) is 21.7 Å². The lowest BCUT2D eigenvalue weighted by Crippen LogP contribution is -2.24. The molecule has 4 rings (SSSR count). The molecule has 188 valence electrons.